The van der Waals surface area contributed by atoms with Gasteiger partial charge in [-0.15, -0.1) is 0 Å². The Kier molecular flexibility index (Phi) is 6.58. The Labute approximate surface area is 141 Å². The molecule has 3 atom stereocenters. The van der Waals surface area contributed by atoms with Gasteiger partial charge in [0.15, 0.2) is 13.2 Å². The monoisotopic (exact) mass is 337 g/mol. The zero-order chi connectivity index (χ0) is 17.5. The van der Waals surface area contributed by atoms with Gasteiger partial charge < -0.3 is 14.8 Å². The number of halogens is 1. The van der Waals surface area contributed by atoms with Gasteiger partial charge in [0.05, 0.1) is 0 Å². The highest BCUT2D eigenvalue weighted by molar-refractivity contribution is 5.81. The van der Waals surface area contributed by atoms with E-state index in [4.69, 9.17) is 9.47 Å². The molecular weight excluding hydrogens is 313 g/mol. The van der Waals surface area contributed by atoms with Gasteiger partial charge in [-0.1, -0.05) is 26.7 Å². The molecule has 1 aromatic carbocycles. The van der Waals surface area contributed by atoms with Gasteiger partial charge in [-0.3, -0.25) is 4.79 Å². The van der Waals surface area contributed by atoms with Crippen LogP contribution < -0.4 is 10.1 Å². The second kappa shape index (κ2) is 8.66. The molecule has 1 amide bonds. The van der Waals surface area contributed by atoms with Crippen LogP contribution in [0.4, 0.5) is 4.39 Å². The standard InChI is InChI=1S/C18H24FNO4/c1-12-4-3-5-16(13(12)2)20-17(21)10-24-18(22)11-23-15-8-6-14(19)7-9-15/h6-9,12-13,16H,3-5,10-11H2,1-2H3,(H,20,21)/t12-,13-,16+/m1/s1. The molecule has 0 heterocycles. The summed E-state index contributed by atoms with van der Waals surface area (Å²) in [6, 6.07) is 5.44. The third-order valence-electron chi connectivity index (χ3n) is 4.59. The van der Waals surface area contributed by atoms with Crippen LogP contribution in [0.2, 0.25) is 0 Å². The number of rotatable bonds is 6. The van der Waals surface area contributed by atoms with E-state index in [1.165, 1.54) is 30.7 Å². The third-order valence-corrected chi connectivity index (χ3v) is 4.59. The second-order valence-corrected chi connectivity index (χ2v) is 6.34. The predicted octanol–water partition coefficient (Wildman–Crippen LogP) is 2.69. The van der Waals surface area contributed by atoms with Gasteiger partial charge in [0.2, 0.25) is 0 Å². The van der Waals surface area contributed by atoms with Gasteiger partial charge in [-0.2, -0.15) is 0 Å². The topological polar surface area (TPSA) is 64.6 Å². The number of carbonyl (C=O) groups excluding carboxylic acids is 2. The van der Waals surface area contributed by atoms with Crippen LogP contribution >= 0.6 is 0 Å². The molecule has 1 fully saturated rings. The predicted molar refractivity (Wildman–Crippen MR) is 87.0 cm³/mol. The van der Waals surface area contributed by atoms with Crippen LogP contribution in [-0.2, 0) is 14.3 Å². The fraction of sp³-hybridized carbons (Fsp3) is 0.556. The molecule has 0 aliphatic heterocycles. The molecule has 1 aromatic rings. The summed E-state index contributed by atoms with van der Waals surface area (Å²) < 4.78 is 22.8. The number of hydrogen-bond acceptors (Lipinski definition) is 4. The molecule has 0 spiro atoms. The number of hydrogen-bond donors (Lipinski definition) is 1. The van der Waals surface area contributed by atoms with Crippen molar-refractivity contribution in [1.29, 1.82) is 0 Å². The largest absolute Gasteiger partial charge is 0.482 e. The highest BCUT2D eigenvalue weighted by Gasteiger charge is 2.28. The van der Waals surface area contributed by atoms with Crippen molar-refractivity contribution in [2.24, 2.45) is 11.8 Å². The summed E-state index contributed by atoms with van der Waals surface area (Å²) in [7, 11) is 0. The quantitative estimate of drug-likeness (QED) is 0.811. The lowest BCUT2D eigenvalue weighted by molar-refractivity contribution is -0.150. The summed E-state index contributed by atoms with van der Waals surface area (Å²) in [6.45, 7) is 3.69. The van der Waals surface area contributed by atoms with E-state index in [0.29, 0.717) is 17.6 Å². The van der Waals surface area contributed by atoms with Gasteiger partial charge in [-0.25, -0.2) is 9.18 Å². The van der Waals surface area contributed by atoms with Crippen molar-refractivity contribution in [2.75, 3.05) is 13.2 Å². The van der Waals surface area contributed by atoms with E-state index < -0.39 is 5.97 Å². The minimum atomic E-state index is -0.639. The zero-order valence-corrected chi connectivity index (χ0v) is 14.1. The van der Waals surface area contributed by atoms with Crippen molar-refractivity contribution in [3.8, 4) is 5.75 Å². The van der Waals surface area contributed by atoms with E-state index in [9.17, 15) is 14.0 Å². The van der Waals surface area contributed by atoms with E-state index in [1.807, 2.05) is 0 Å². The van der Waals surface area contributed by atoms with Gasteiger partial charge in [0.1, 0.15) is 11.6 Å². The number of carbonyl (C=O) groups is 2. The normalized spacial score (nSPS) is 23.4. The van der Waals surface area contributed by atoms with Crippen LogP contribution in [0.25, 0.3) is 0 Å². The lowest BCUT2D eigenvalue weighted by Crippen LogP contribution is -2.45. The molecule has 0 bridgehead atoms. The first kappa shape index (κ1) is 18.2. The van der Waals surface area contributed by atoms with Crippen LogP contribution in [0.1, 0.15) is 33.1 Å². The highest BCUT2D eigenvalue weighted by Crippen LogP contribution is 2.29. The van der Waals surface area contributed by atoms with E-state index in [-0.39, 0.29) is 31.0 Å². The molecule has 6 heteroatoms. The first-order valence-corrected chi connectivity index (χ1v) is 8.29. The maximum Gasteiger partial charge on any atom is 0.344 e. The molecule has 1 aliphatic carbocycles. The van der Waals surface area contributed by atoms with Crippen molar-refractivity contribution in [1.82, 2.24) is 5.32 Å². The van der Waals surface area contributed by atoms with Crippen LogP contribution in [0.3, 0.4) is 0 Å². The van der Waals surface area contributed by atoms with Crippen molar-refractivity contribution < 1.29 is 23.5 Å². The summed E-state index contributed by atoms with van der Waals surface area (Å²) in [5.41, 5.74) is 0. The molecule has 0 unspecified atom stereocenters. The summed E-state index contributed by atoms with van der Waals surface area (Å²) in [5, 5.41) is 2.94. The average molecular weight is 337 g/mol. The molecule has 24 heavy (non-hydrogen) atoms. The van der Waals surface area contributed by atoms with Crippen LogP contribution in [0, 0.1) is 17.7 Å². The summed E-state index contributed by atoms with van der Waals surface area (Å²) >= 11 is 0. The van der Waals surface area contributed by atoms with E-state index in [2.05, 4.69) is 19.2 Å². The van der Waals surface area contributed by atoms with Gasteiger partial charge in [0, 0.05) is 6.04 Å². The number of amides is 1. The summed E-state index contributed by atoms with van der Waals surface area (Å²) in [4.78, 5) is 23.5. The fourth-order valence-corrected chi connectivity index (χ4v) is 2.89. The maximum absolute atomic E-state index is 12.7. The Morgan fingerprint density at radius 1 is 1.17 bits per heavy atom. The minimum absolute atomic E-state index is 0.135. The minimum Gasteiger partial charge on any atom is -0.482 e. The number of nitrogens with one attached hydrogen (secondary N) is 1. The fourth-order valence-electron chi connectivity index (χ4n) is 2.89. The number of ether oxygens (including phenoxy) is 2. The Morgan fingerprint density at radius 2 is 1.88 bits per heavy atom. The summed E-state index contributed by atoms with van der Waals surface area (Å²) in [5.74, 6) is 0.0437. The molecule has 0 saturated heterocycles. The van der Waals surface area contributed by atoms with Gasteiger partial charge in [0.25, 0.3) is 5.91 Å². The molecule has 1 aliphatic rings. The molecule has 0 radical (unpaired) electrons. The van der Waals surface area contributed by atoms with E-state index >= 15 is 0 Å². The Balaban J connectivity index is 1.67. The van der Waals surface area contributed by atoms with Crippen LogP contribution in [-0.4, -0.2) is 31.1 Å². The number of esters is 1. The molecule has 1 N–H and O–H groups in total. The van der Waals surface area contributed by atoms with Gasteiger partial charge >= 0.3 is 5.97 Å². The second-order valence-electron chi connectivity index (χ2n) is 6.34. The zero-order valence-electron chi connectivity index (χ0n) is 14.1. The molecule has 2 rings (SSSR count). The molecule has 132 valence electrons. The third kappa shape index (κ3) is 5.51. The Morgan fingerprint density at radius 3 is 2.58 bits per heavy atom. The SMILES string of the molecule is C[C@@H]1[C@H](C)CCC[C@@H]1NC(=O)COC(=O)COc1ccc(F)cc1. The maximum atomic E-state index is 12.7. The number of benzene rings is 1. The Bertz CT molecular complexity index is 561. The van der Waals surface area contributed by atoms with Crippen molar-refractivity contribution in [2.45, 2.75) is 39.2 Å². The first-order chi connectivity index (χ1) is 11.5. The highest BCUT2D eigenvalue weighted by atomic mass is 19.1. The smallest absolute Gasteiger partial charge is 0.344 e. The summed E-state index contributed by atoms with van der Waals surface area (Å²) in [6.07, 6.45) is 3.24. The molecule has 5 nitrogen and oxygen atoms in total. The van der Waals surface area contributed by atoms with Crippen molar-refractivity contribution >= 4 is 11.9 Å². The lowest BCUT2D eigenvalue weighted by Gasteiger charge is -2.34. The van der Waals surface area contributed by atoms with Crippen LogP contribution in [0.15, 0.2) is 24.3 Å². The van der Waals surface area contributed by atoms with E-state index in [0.717, 1.165) is 12.8 Å². The first-order valence-electron chi connectivity index (χ1n) is 8.29. The molecule has 0 aromatic heterocycles. The lowest BCUT2D eigenvalue weighted by atomic mass is 9.78. The molecular formula is C18H24FNO4. The van der Waals surface area contributed by atoms with E-state index in [1.54, 1.807) is 0 Å². The average Bonchev–Trinajstić information content (AvgIpc) is 2.56. The van der Waals surface area contributed by atoms with Gasteiger partial charge in [-0.05, 0) is 42.5 Å². The van der Waals surface area contributed by atoms with Crippen LogP contribution in [0.5, 0.6) is 5.75 Å². The van der Waals surface area contributed by atoms with Crippen molar-refractivity contribution in [3.63, 3.8) is 0 Å². The Hall–Kier alpha value is -2.11. The van der Waals surface area contributed by atoms with Crippen molar-refractivity contribution in [3.05, 3.63) is 30.1 Å². The molecule has 1 saturated carbocycles.